The van der Waals surface area contributed by atoms with Crippen molar-refractivity contribution in [3.05, 3.63) is 41.7 Å². The predicted molar refractivity (Wildman–Crippen MR) is 122 cm³/mol. The first-order valence-corrected chi connectivity index (χ1v) is 12.0. The van der Waals surface area contributed by atoms with Gasteiger partial charge in [0, 0.05) is 26.0 Å². The molecule has 0 aliphatic heterocycles. The first kappa shape index (κ1) is 21.1. The van der Waals surface area contributed by atoms with Crippen LogP contribution in [0.1, 0.15) is 41.7 Å². The van der Waals surface area contributed by atoms with E-state index in [4.69, 9.17) is 0 Å². The number of carbonyl (C=O) groups is 1. The molecule has 9 nitrogen and oxygen atoms in total. The average molecular weight is 443 g/mol. The zero-order valence-electron chi connectivity index (χ0n) is 18.0. The van der Waals surface area contributed by atoms with Crippen LogP contribution < -0.4 is 14.9 Å². The van der Waals surface area contributed by atoms with E-state index in [1.54, 1.807) is 37.1 Å². The molecule has 0 spiro atoms. The number of rotatable bonds is 7. The molecule has 1 amide bonds. The van der Waals surface area contributed by atoms with Gasteiger partial charge in [-0.25, -0.2) is 18.1 Å². The molecule has 1 saturated carbocycles. The Balaban J connectivity index is 1.98. The van der Waals surface area contributed by atoms with Crippen LogP contribution in [0.3, 0.4) is 0 Å². The maximum atomic E-state index is 12.8. The van der Waals surface area contributed by atoms with Gasteiger partial charge < -0.3 is 10.6 Å². The summed E-state index contributed by atoms with van der Waals surface area (Å²) in [6.45, 7) is 2.13. The summed E-state index contributed by atoms with van der Waals surface area (Å²) in [6.07, 6.45) is 4.85. The smallest absolute Gasteiger partial charge is 0.270 e. The summed E-state index contributed by atoms with van der Waals surface area (Å²) in [6, 6.07) is 7.35. The maximum Gasteiger partial charge on any atom is 0.270 e. The van der Waals surface area contributed by atoms with Crippen molar-refractivity contribution in [2.75, 3.05) is 36.5 Å². The molecule has 31 heavy (non-hydrogen) atoms. The largest absolute Gasteiger partial charge is 0.373 e. The van der Waals surface area contributed by atoms with Gasteiger partial charge in [0.05, 0.1) is 29.3 Å². The van der Waals surface area contributed by atoms with Gasteiger partial charge in [0.15, 0.2) is 0 Å². The van der Waals surface area contributed by atoms with Gasteiger partial charge >= 0.3 is 0 Å². The van der Waals surface area contributed by atoms with Crippen molar-refractivity contribution in [1.29, 1.82) is 0 Å². The van der Waals surface area contributed by atoms with Gasteiger partial charge in [-0.15, -0.1) is 0 Å². The predicted octanol–water partition coefficient (Wildman–Crippen LogP) is 2.49. The van der Waals surface area contributed by atoms with Crippen molar-refractivity contribution in [3.8, 4) is 5.69 Å². The molecule has 1 aliphatic rings. The lowest BCUT2D eigenvalue weighted by Crippen LogP contribution is -2.30. The van der Waals surface area contributed by atoms with Crippen molar-refractivity contribution in [1.82, 2.24) is 20.1 Å². The van der Waals surface area contributed by atoms with Gasteiger partial charge in [0.1, 0.15) is 11.5 Å². The first-order chi connectivity index (χ1) is 14.8. The topological polar surface area (TPSA) is 109 Å². The molecule has 3 aromatic rings. The summed E-state index contributed by atoms with van der Waals surface area (Å²) < 4.78 is 27.8. The molecule has 2 heterocycles. The Morgan fingerprint density at radius 1 is 1.26 bits per heavy atom. The van der Waals surface area contributed by atoms with E-state index in [9.17, 15) is 13.2 Å². The normalized spacial score (nSPS) is 13.9. The standard InChI is InChI=1S/C21H26N6O3S/c1-5-26(31(4,29)30)18-11-17-16(10-15(18)13-6-7-13)20(21(28)23-3)27(25-17)14-8-9-19(22-2)24-12-14/h8-13H,5-7H2,1-4H3,(H,22,24)(H,23,28). The summed E-state index contributed by atoms with van der Waals surface area (Å²) in [4.78, 5) is 17.2. The number of hydrogen-bond donors (Lipinski definition) is 2. The van der Waals surface area contributed by atoms with Crippen LogP contribution in [-0.4, -0.2) is 56.0 Å². The number of carbonyl (C=O) groups excluding carboxylic acids is 1. The zero-order chi connectivity index (χ0) is 22.3. The molecule has 10 heteroatoms. The second-order valence-electron chi connectivity index (χ2n) is 7.62. The number of anilines is 2. The number of benzene rings is 1. The molecule has 1 aliphatic carbocycles. The summed E-state index contributed by atoms with van der Waals surface area (Å²) in [5.74, 6) is 0.713. The van der Waals surface area contributed by atoms with E-state index >= 15 is 0 Å². The van der Waals surface area contributed by atoms with E-state index < -0.39 is 10.0 Å². The molecule has 4 rings (SSSR count). The molecular weight excluding hydrogens is 416 g/mol. The first-order valence-electron chi connectivity index (χ1n) is 10.2. The number of amides is 1. The Labute approximate surface area is 181 Å². The van der Waals surface area contributed by atoms with E-state index in [1.165, 1.54) is 10.6 Å². The molecule has 0 unspecified atom stereocenters. The minimum Gasteiger partial charge on any atom is -0.373 e. The molecule has 0 atom stereocenters. The third-order valence-corrected chi connectivity index (χ3v) is 6.74. The number of sulfonamides is 1. The average Bonchev–Trinajstić information content (AvgIpc) is 3.52. The van der Waals surface area contributed by atoms with Crippen LogP contribution >= 0.6 is 0 Å². The van der Waals surface area contributed by atoms with Crippen LogP contribution in [0.4, 0.5) is 11.5 Å². The van der Waals surface area contributed by atoms with Gasteiger partial charge in [-0.2, -0.15) is 5.10 Å². The van der Waals surface area contributed by atoms with E-state index in [-0.39, 0.29) is 11.8 Å². The van der Waals surface area contributed by atoms with Crippen LogP contribution in [0.25, 0.3) is 16.6 Å². The van der Waals surface area contributed by atoms with Crippen molar-refractivity contribution in [3.63, 3.8) is 0 Å². The highest BCUT2D eigenvalue weighted by Gasteiger charge is 2.32. The molecule has 2 N–H and O–H groups in total. The van der Waals surface area contributed by atoms with Gasteiger partial charge in [0.2, 0.25) is 10.0 Å². The Hall–Kier alpha value is -3.14. The second-order valence-corrected chi connectivity index (χ2v) is 9.53. The van der Waals surface area contributed by atoms with Crippen molar-refractivity contribution < 1.29 is 13.2 Å². The number of hydrogen-bond acceptors (Lipinski definition) is 6. The number of fused-ring (bicyclic) bond motifs is 1. The number of nitrogens with one attached hydrogen (secondary N) is 2. The summed E-state index contributed by atoms with van der Waals surface area (Å²) in [5, 5.41) is 11.0. The number of nitrogens with zero attached hydrogens (tertiary/aromatic N) is 4. The minimum atomic E-state index is -3.45. The number of aromatic nitrogens is 3. The van der Waals surface area contributed by atoms with E-state index in [0.717, 1.165) is 18.4 Å². The van der Waals surface area contributed by atoms with Crippen molar-refractivity contribution in [2.24, 2.45) is 0 Å². The lowest BCUT2D eigenvalue weighted by Gasteiger charge is -2.23. The number of pyridine rings is 1. The maximum absolute atomic E-state index is 12.8. The second kappa shape index (κ2) is 7.84. The SMILES string of the molecule is CCN(c1cc2nn(-c3ccc(NC)nc3)c(C(=O)NC)c2cc1C1CC1)S(C)(=O)=O. The van der Waals surface area contributed by atoms with Crippen LogP contribution in [0.2, 0.25) is 0 Å². The van der Waals surface area contributed by atoms with Gasteiger partial charge in [-0.3, -0.25) is 9.10 Å². The monoisotopic (exact) mass is 442 g/mol. The molecule has 0 saturated heterocycles. The van der Waals surface area contributed by atoms with Crippen LogP contribution in [0.5, 0.6) is 0 Å². The van der Waals surface area contributed by atoms with E-state index in [0.29, 0.717) is 40.3 Å². The highest BCUT2D eigenvalue weighted by atomic mass is 32.2. The quantitative estimate of drug-likeness (QED) is 0.582. The van der Waals surface area contributed by atoms with Crippen LogP contribution in [-0.2, 0) is 10.0 Å². The zero-order valence-corrected chi connectivity index (χ0v) is 18.8. The summed E-state index contributed by atoms with van der Waals surface area (Å²) >= 11 is 0. The Kier molecular flexibility index (Phi) is 5.34. The van der Waals surface area contributed by atoms with Crippen molar-refractivity contribution >= 4 is 38.3 Å². The van der Waals surface area contributed by atoms with Gasteiger partial charge in [-0.05, 0) is 55.5 Å². The fraction of sp³-hybridized carbons (Fsp3) is 0.381. The summed E-state index contributed by atoms with van der Waals surface area (Å²) in [7, 11) is -0.0905. The highest BCUT2D eigenvalue weighted by Crippen LogP contribution is 2.46. The van der Waals surface area contributed by atoms with Crippen molar-refractivity contribution in [2.45, 2.75) is 25.7 Å². The lowest BCUT2D eigenvalue weighted by molar-refractivity contribution is 0.0957. The Morgan fingerprint density at radius 2 is 2.00 bits per heavy atom. The highest BCUT2D eigenvalue weighted by molar-refractivity contribution is 7.92. The molecular formula is C21H26N6O3S. The van der Waals surface area contributed by atoms with Crippen LogP contribution in [0.15, 0.2) is 30.5 Å². The Bertz CT molecular complexity index is 1250. The lowest BCUT2D eigenvalue weighted by atomic mass is 10.0. The van der Waals surface area contributed by atoms with Gasteiger partial charge in [-0.1, -0.05) is 0 Å². The minimum absolute atomic E-state index is 0.273. The fourth-order valence-electron chi connectivity index (χ4n) is 3.84. The fourth-order valence-corrected chi connectivity index (χ4v) is 4.83. The molecule has 2 aromatic heterocycles. The van der Waals surface area contributed by atoms with Crippen LogP contribution in [0, 0.1) is 0 Å². The van der Waals surface area contributed by atoms with Gasteiger partial charge in [0.25, 0.3) is 5.91 Å². The molecule has 1 aromatic carbocycles. The van der Waals surface area contributed by atoms with E-state index in [2.05, 4.69) is 20.7 Å². The molecule has 164 valence electrons. The molecule has 0 bridgehead atoms. The molecule has 1 fully saturated rings. The van der Waals surface area contributed by atoms with E-state index in [1.807, 2.05) is 19.1 Å². The third-order valence-electron chi connectivity index (χ3n) is 5.48. The summed E-state index contributed by atoms with van der Waals surface area (Å²) in [5.41, 5.74) is 3.16. The Morgan fingerprint density at radius 3 is 2.52 bits per heavy atom. The third kappa shape index (κ3) is 3.83. The molecule has 0 radical (unpaired) electrons.